The molecule has 0 atom stereocenters. The van der Waals surface area contributed by atoms with Gasteiger partial charge in [-0.3, -0.25) is 0 Å². The maximum Gasteiger partial charge on any atom is 0.356 e. The van der Waals surface area contributed by atoms with Gasteiger partial charge in [0.15, 0.2) is 28.3 Å². The fourth-order valence-electron chi connectivity index (χ4n) is 2.22. The Morgan fingerprint density at radius 2 is 1.86 bits per heavy atom. The van der Waals surface area contributed by atoms with Crippen LogP contribution in [-0.4, -0.2) is 42.8 Å². The lowest BCUT2D eigenvalue weighted by molar-refractivity contribution is 0.0673. The summed E-state index contributed by atoms with van der Waals surface area (Å²) in [5.74, 6) is -2.35. The normalized spacial score (nSPS) is 11.1. The van der Waals surface area contributed by atoms with Crippen molar-refractivity contribution in [3.63, 3.8) is 0 Å². The smallest absolute Gasteiger partial charge is 0.356 e. The second-order valence-electron chi connectivity index (χ2n) is 5.06. The Morgan fingerprint density at radius 3 is 2.32 bits per heavy atom. The third-order valence-electron chi connectivity index (χ3n) is 3.13. The average Bonchev–Trinajstić information content (AvgIpc) is 2.69. The number of aromatic carboxylic acids is 2. The van der Waals surface area contributed by atoms with Crippen LogP contribution in [0.5, 0.6) is 5.75 Å². The van der Waals surface area contributed by atoms with Crippen molar-refractivity contribution in [3.05, 3.63) is 17.1 Å². The molecule has 22 heavy (non-hydrogen) atoms. The topological polar surface area (TPSA) is 115 Å². The first kappa shape index (κ1) is 15.7. The molecule has 0 saturated heterocycles. The monoisotopic (exact) mass is 307 g/mol. The van der Waals surface area contributed by atoms with Crippen molar-refractivity contribution in [2.24, 2.45) is 7.05 Å². The number of nitrogens with zero attached hydrogens (tertiary/aromatic N) is 3. The van der Waals surface area contributed by atoms with E-state index >= 15 is 0 Å². The number of hydrogen-bond donors (Lipinski definition) is 2. The Kier molecular flexibility index (Phi) is 4.03. The van der Waals surface area contributed by atoms with Crippen LogP contribution in [0.1, 0.15) is 47.4 Å². The molecule has 0 aliphatic rings. The summed E-state index contributed by atoms with van der Waals surface area (Å²) >= 11 is 0. The highest BCUT2D eigenvalue weighted by Crippen LogP contribution is 2.32. The molecule has 2 N–H and O–H groups in total. The predicted molar refractivity (Wildman–Crippen MR) is 77.6 cm³/mol. The fourth-order valence-corrected chi connectivity index (χ4v) is 2.22. The zero-order chi connectivity index (χ0) is 16.6. The minimum absolute atomic E-state index is 0.0395. The van der Waals surface area contributed by atoms with E-state index in [1.807, 2.05) is 0 Å². The number of ether oxygens (including phenoxy) is 1. The lowest BCUT2D eigenvalue weighted by atomic mass is 10.2. The molecular weight excluding hydrogens is 290 g/mol. The van der Waals surface area contributed by atoms with Gasteiger partial charge in [0.1, 0.15) is 0 Å². The van der Waals surface area contributed by atoms with Crippen LogP contribution >= 0.6 is 0 Å². The molecule has 0 bridgehead atoms. The SMILES string of the molecule is CCc1nc2c(nc1C(=O)O)c(OC(C)C)c(C(=O)O)n2C. The van der Waals surface area contributed by atoms with Gasteiger partial charge < -0.3 is 19.5 Å². The Hall–Kier alpha value is -2.64. The van der Waals surface area contributed by atoms with Gasteiger partial charge in [0.2, 0.25) is 0 Å². The van der Waals surface area contributed by atoms with Gasteiger partial charge in [0, 0.05) is 7.05 Å². The molecule has 0 aliphatic heterocycles. The largest absolute Gasteiger partial charge is 0.486 e. The lowest BCUT2D eigenvalue weighted by Crippen LogP contribution is -2.11. The van der Waals surface area contributed by atoms with Crippen LogP contribution < -0.4 is 4.74 Å². The zero-order valence-corrected chi connectivity index (χ0v) is 12.7. The van der Waals surface area contributed by atoms with Crippen molar-refractivity contribution in [1.29, 1.82) is 0 Å². The molecule has 0 saturated carbocycles. The number of carboxylic acid groups (broad SMARTS) is 2. The van der Waals surface area contributed by atoms with E-state index in [-0.39, 0.29) is 34.4 Å². The number of aromatic nitrogens is 3. The van der Waals surface area contributed by atoms with E-state index in [2.05, 4.69) is 9.97 Å². The molecule has 2 rings (SSSR count). The van der Waals surface area contributed by atoms with Gasteiger partial charge in [-0.2, -0.15) is 0 Å². The Bertz CT molecular complexity index is 764. The van der Waals surface area contributed by atoms with Crippen LogP contribution in [0.25, 0.3) is 11.2 Å². The highest BCUT2D eigenvalue weighted by atomic mass is 16.5. The van der Waals surface area contributed by atoms with Gasteiger partial charge in [0.05, 0.1) is 11.8 Å². The highest BCUT2D eigenvalue weighted by Gasteiger charge is 2.27. The standard InChI is InChI=1S/C14H17N3O5/c1-5-7-8(13(18)19)16-9-11(22-6(2)3)10(14(20)21)17(4)12(9)15-7/h6H,5H2,1-4H3,(H,18,19)(H,20,21). The first-order chi connectivity index (χ1) is 10.3. The van der Waals surface area contributed by atoms with Gasteiger partial charge in [-0.05, 0) is 20.3 Å². The highest BCUT2D eigenvalue weighted by molar-refractivity contribution is 5.99. The quantitative estimate of drug-likeness (QED) is 0.864. The average molecular weight is 307 g/mol. The molecule has 0 fully saturated rings. The third kappa shape index (κ3) is 2.47. The molecule has 118 valence electrons. The van der Waals surface area contributed by atoms with Gasteiger partial charge in [-0.1, -0.05) is 6.92 Å². The molecule has 2 aromatic rings. The molecule has 0 unspecified atom stereocenters. The van der Waals surface area contributed by atoms with Gasteiger partial charge in [-0.15, -0.1) is 0 Å². The molecule has 0 radical (unpaired) electrons. The molecular formula is C14H17N3O5. The molecule has 0 aliphatic carbocycles. The summed E-state index contributed by atoms with van der Waals surface area (Å²) in [7, 11) is 1.54. The minimum atomic E-state index is -1.21. The van der Waals surface area contributed by atoms with E-state index in [0.717, 1.165) is 0 Å². The van der Waals surface area contributed by atoms with Crippen molar-refractivity contribution >= 4 is 23.1 Å². The van der Waals surface area contributed by atoms with Crippen molar-refractivity contribution in [2.75, 3.05) is 0 Å². The molecule has 8 nitrogen and oxygen atoms in total. The fraction of sp³-hybridized carbons (Fsp3) is 0.429. The Labute approximate surface area is 126 Å². The van der Waals surface area contributed by atoms with Crippen LogP contribution in [0.2, 0.25) is 0 Å². The molecule has 8 heteroatoms. The van der Waals surface area contributed by atoms with E-state index in [1.165, 1.54) is 11.6 Å². The second-order valence-corrected chi connectivity index (χ2v) is 5.06. The maximum atomic E-state index is 11.5. The number of hydrogen-bond acceptors (Lipinski definition) is 5. The summed E-state index contributed by atoms with van der Waals surface area (Å²) in [6.07, 6.45) is 0.0862. The molecule has 2 aromatic heterocycles. The number of fused-ring (bicyclic) bond motifs is 1. The summed E-state index contributed by atoms with van der Waals surface area (Å²) in [5, 5.41) is 18.6. The number of aryl methyl sites for hydroxylation is 2. The van der Waals surface area contributed by atoms with Crippen LogP contribution in [-0.2, 0) is 13.5 Å². The molecule has 0 aromatic carbocycles. The van der Waals surface area contributed by atoms with E-state index in [1.54, 1.807) is 20.8 Å². The number of rotatable bonds is 5. The molecule has 0 amide bonds. The first-order valence-electron chi connectivity index (χ1n) is 6.80. The van der Waals surface area contributed by atoms with Crippen LogP contribution in [0.15, 0.2) is 0 Å². The van der Waals surface area contributed by atoms with Gasteiger partial charge in [0.25, 0.3) is 0 Å². The Morgan fingerprint density at radius 1 is 1.23 bits per heavy atom. The Balaban J connectivity index is 2.88. The van der Waals surface area contributed by atoms with E-state index in [9.17, 15) is 19.8 Å². The summed E-state index contributed by atoms with van der Waals surface area (Å²) in [6.45, 7) is 5.25. The van der Waals surface area contributed by atoms with Crippen LogP contribution in [0, 0.1) is 0 Å². The predicted octanol–water partition coefficient (Wildman–Crippen LogP) is 1.71. The van der Waals surface area contributed by atoms with Crippen LogP contribution in [0.3, 0.4) is 0 Å². The van der Waals surface area contributed by atoms with Crippen molar-refractivity contribution < 1.29 is 24.5 Å². The molecule has 0 spiro atoms. The van der Waals surface area contributed by atoms with E-state index in [4.69, 9.17) is 4.74 Å². The van der Waals surface area contributed by atoms with Gasteiger partial charge in [-0.25, -0.2) is 19.6 Å². The van der Waals surface area contributed by atoms with Crippen molar-refractivity contribution in [3.8, 4) is 5.75 Å². The molecule has 2 heterocycles. The minimum Gasteiger partial charge on any atom is -0.486 e. The van der Waals surface area contributed by atoms with Crippen molar-refractivity contribution in [1.82, 2.24) is 14.5 Å². The summed E-state index contributed by atoms with van der Waals surface area (Å²) < 4.78 is 6.91. The van der Waals surface area contributed by atoms with E-state index < -0.39 is 11.9 Å². The first-order valence-corrected chi connectivity index (χ1v) is 6.80. The third-order valence-corrected chi connectivity index (χ3v) is 3.13. The van der Waals surface area contributed by atoms with E-state index in [0.29, 0.717) is 12.1 Å². The maximum absolute atomic E-state index is 11.5. The van der Waals surface area contributed by atoms with Gasteiger partial charge >= 0.3 is 11.9 Å². The zero-order valence-electron chi connectivity index (χ0n) is 12.7. The van der Waals surface area contributed by atoms with Crippen molar-refractivity contribution in [2.45, 2.75) is 33.3 Å². The number of carbonyl (C=O) groups is 2. The second kappa shape index (κ2) is 5.63. The lowest BCUT2D eigenvalue weighted by Gasteiger charge is -2.09. The summed E-state index contributed by atoms with van der Waals surface area (Å²) in [4.78, 5) is 31.2. The summed E-state index contributed by atoms with van der Waals surface area (Å²) in [5.41, 5.74) is 0.436. The number of carboxylic acids is 2. The van der Waals surface area contributed by atoms with Crippen LogP contribution in [0.4, 0.5) is 0 Å². The summed E-state index contributed by atoms with van der Waals surface area (Å²) in [6, 6.07) is 0.